The summed E-state index contributed by atoms with van der Waals surface area (Å²) in [6.45, 7) is 6.26. The maximum absolute atomic E-state index is 7.18. The Hall–Kier alpha value is -2.08. The highest BCUT2D eigenvalue weighted by molar-refractivity contribution is 5.63. The maximum Gasteiger partial charge on any atom is 0.165 e. The molecule has 5 nitrogen and oxygen atoms in total. The van der Waals surface area contributed by atoms with E-state index >= 15 is 0 Å². The molecule has 2 aromatic carbocycles. The first-order chi connectivity index (χ1) is 19.1. The van der Waals surface area contributed by atoms with Gasteiger partial charge in [0.15, 0.2) is 11.5 Å². The third-order valence-electron chi connectivity index (χ3n) is 12.2. The molecule has 4 bridgehead atoms. The molecule has 0 N–H and O–H groups in total. The molecule has 0 radical (unpaired) electrons. The van der Waals surface area contributed by atoms with Gasteiger partial charge in [-0.3, -0.25) is 4.90 Å². The number of piperidine rings is 1. The normalized spacial score (nSPS) is 39.7. The Morgan fingerprint density at radius 2 is 1.87 bits per heavy atom. The summed E-state index contributed by atoms with van der Waals surface area (Å²) in [6.07, 6.45) is 8.74. The van der Waals surface area contributed by atoms with E-state index in [9.17, 15) is 0 Å². The van der Waals surface area contributed by atoms with E-state index in [1.54, 1.807) is 7.11 Å². The number of benzene rings is 2. The highest BCUT2D eigenvalue weighted by Gasteiger charge is 2.78. The first-order valence-electron chi connectivity index (χ1n) is 15.3. The van der Waals surface area contributed by atoms with Gasteiger partial charge in [-0.25, -0.2) is 0 Å². The molecule has 7 atom stereocenters. The molecule has 39 heavy (non-hydrogen) atoms. The number of hydrogen-bond donors (Lipinski definition) is 0. The fourth-order valence-electron chi connectivity index (χ4n) is 10.3. The van der Waals surface area contributed by atoms with Crippen molar-refractivity contribution in [1.29, 1.82) is 0 Å². The summed E-state index contributed by atoms with van der Waals surface area (Å²) in [5.41, 5.74) is 4.28. The number of hydrogen-bond acceptors (Lipinski definition) is 5. The molecule has 4 fully saturated rings. The van der Waals surface area contributed by atoms with Crippen molar-refractivity contribution in [3.8, 4) is 11.5 Å². The van der Waals surface area contributed by atoms with Crippen molar-refractivity contribution < 1.29 is 18.9 Å². The van der Waals surface area contributed by atoms with Crippen molar-refractivity contribution in [1.82, 2.24) is 4.90 Å². The summed E-state index contributed by atoms with van der Waals surface area (Å²) in [6, 6.07) is 15.7. The monoisotopic (exact) mass is 529 g/mol. The summed E-state index contributed by atoms with van der Waals surface area (Å²) in [4.78, 5) is 2.92. The summed E-state index contributed by atoms with van der Waals surface area (Å²) < 4.78 is 26.4. The van der Waals surface area contributed by atoms with Crippen molar-refractivity contribution in [2.45, 2.75) is 82.1 Å². The minimum Gasteiger partial charge on any atom is -0.493 e. The molecule has 3 saturated carbocycles. The van der Waals surface area contributed by atoms with E-state index in [-0.39, 0.29) is 28.5 Å². The maximum atomic E-state index is 7.18. The fourth-order valence-corrected chi connectivity index (χ4v) is 10.3. The molecule has 0 aromatic heterocycles. The minimum absolute atomic E-state index is 0.00440. The van der Waals surface area contributed by atoms with Crippen LogP contribution in [-0.2, 0) is 27.9 Å². The van der Waals surface area contributed by atoms with E-state index in [0.29, 0.717) is 18.6 Å². The molecule has 5 heteroatoms. The van der Waals surface area contributed by atoms with Crippen LogP contribution in [0.3, 0.4) is 0 Å². The number of rotatable bonds is 8. The Kier molecular flexibility index (Phi) is 5.51. The fraction of sp³-hybridized carbons (Fsp3) is 0.647. The van der Waals surface area contributed by atoms with Crippen LogP contribution < -0.4 is 9.47 Å². The zero-order valence-electron chi connectivity index (χ0n) is 23.8. The van der Waals surface area contributed by atoms with E-state index in [2.05, 4.69) is 54.3 Å². The van der Waals surface area contributed by atoms with Crippen LogP contribution in [0.25, 0.3) is 0 Å². The van der Waals surface area contributed by atoms with Crippen LogP contribution in [0.2, 0.25) is 0 Å². The summed E-state index contributed by atoms with van der Waals surface area (Å²) in [5.74, 6) is 3.31. The Bertz CT molecular complexity index is 1260. The van der Waals surface area contributed by atoms with E-state index in [1.165, 1.54) is 55.5 Å². The lowest BCUT2D eigenvalue weighted by atomic mass is 9.35. The molecule has 208 valence electrons. The molecule has 0 amide bonds. The van der Waals surface area contributed by atoms with Gasteiger partial charge in [-0.1, -0.05) is 43.3 Å². The Labute approximate surface area is 233 Å². The smallest absolute Gasteiger partial charge is 0.165 e. The van der Waals surface area contributed by atoms with E-state index < -0.39 is 0 Å². The predicted molar refractivity (Wildman–Crippen MR) is 150 cm³/mol. The van der Waals surface area contributed by atoms with Crippen molar-refractivity contribution in [3.63, 3.8) is 0 Å². The van der Waals surface area contributed by atoms with Crippen LogP contribution in [0.15, 0.2) is 42.5 Å². The standard InChI is InChI=1S/C34H43NO4/c1-22-13-14-33-20-32(22,21-38-19-24-7-5-4-6-8-24)30(37-3)31-34(33)15-16-35(18-23-9-10-23)27(33)17-25-11-12-26(36-2)29(39-31)28(25)34/h4-8,11-12,22-23,27,30-31H,9-10,13-21H2,1-3H3/t22?,27-,30?,31+,32+,33-,34?/m1/s1. The summed E-state index contributed by atoms with van der Waals surface area (Å²) >= 11 is 0. The lowest BCUT2D eigenvalue weighted by molar-refractivity contribution is -0.266. The lowest BCUT2D eigenvalue weighted by Crippen LogP contribution is -2.79. The third kappa shape index (κ3) is 3.18. The van der Waals surface area contributed by atoms with Gasteiger partial charge in [0, 0.05) is 41.5 Å². The predicted octanol–water partition coefficient (Wildman–Crippen LogP) is 5.77. The van der Waals surface area contributed by atoms with Crippen LogP contribution >= 0.6 is 0 Å². The second-order valence-corrected chi connectivity index (χ2v) is 13.7. The Morgan fingerprint density at radius 1 is 1.03 bits per heavy atom. The molecule has 8 rings (SSSR count). The first-order valence-corrected chi connectivity index (χ1v) is 15.3. The number of methoxy groups -OCH3 is 2. The zero-order valence-corrected chi connectivity index (χ0v) is 23.8. The van der Waals surface area contributed by atoms with Crippen molar-refractivity contribution in [3.05, 3.63) is 59.2 Å². The molecule has 1 saturated heterocycles. The number of likely N-dealkylation sites (tertiary alicyclic amines) is 1. The van der Waals surface area contributed by atoms with Gasteiger partial charge in [-0.2, -0.15) is 0 Å². The molecule has 2 heterocycles. The Morgan fingerprint density at radius 3 is 2.64 bits per heavy atom. The van der Waals surface area contributed by atoms with Crippen LogP contribution in [0.5, 0.6) is 11.5 Å². The van der Waals surface area contributed by atoms with Gasteiger partial charge in [-0.05, 0) is 80.5 Å². The number of nitrogens with zero attached hydrogens (tertiary/aromatic N) is 1. The van der Waals surface area contributed by atoms with Gasteiger partial charge in [0.25, 0.3) is 0 Å². The summed E-state index contributed by atoms with van der Waals surface area (Å²) in [7, 11) is 3.70. The van der Waals surface area contributed by atoms with Gasteiger partial charge in [-0.15, -0.1) is 0 Å². The molecule has 2 aromatic rings. The lowest BCUT2D eigenvalue weighted by Gasteiger charge is -2.73. The van der Waals surface area contributed by atoms with Crippen LogP contribution in [0, 0.1) is 22.7 Å². The van der Waals surface area contributed by atoms with Crippen LogP contribution in [-0.4, -0.2) is 57.1 Å². The van der Waals surface area contributed by atoms with Gasteiger partial charge in [0.2, 0.25) is 0 Å². The van der Waals surface area contributed by atoms with Crippen molar-refractivity contribution in [2.24, 2.45) is 22.7 Å². The van der Waals surface area contributed by atoms with Gasteiger partial charge in [0.05, 0.1) is 20.3 Å². The second kappa shape index (κ2) is 8.71. The van der Waals surface area contributed by atoms with Gasteiger partial charge >= 0.3 is 0 Å². The molecule has 6 aliphatic rings. The minimum atomic E-state index is -0.0798. The van der Waals surface area contributed by atoms with Gasteiger partial charge in [0.1, 0.15) is 12.2 Å². The highest BCUT2D eigenvalue weighted by Crippen LogP contribution is 2.76. The Balaban J connectivity index is 1.26. The number of ether oxygens (including phenoxy) is 4. The molecule has 4 aliphatic carbocycles. The van der Waals surface area contributed by atoms with E-state index in [0.717, 1.165) is 43.3 Å². The van der Waals surface area contributed by atoms with E-state index in [1.807, 2.05) is 7.11 Å². The first kappa shape index (κ1) is 24.7. The molecular weight excluding hydrogens is 486 g/mol. The molecular formula is C34H43NO4. The topological polar surface area (TPSA) is 40.2 Å². The number of fused-ring (bicyclic) bond motifs is 1. The zero-order chi connectivity index (χ0) is 26.4. The van der Waals surface area contributed by atoms with E-state index in [4.69, 9.17) is 18.9 Å². The van der Waals surface area contributed by atoms with Crippen molar-refractivity contribution >= 4 is 0 Å². The van der Waals surface area contributed by atoms with Crippen LogP contribution in [0.4, 0.5) is 0 Å². The highest BCUT2D eigenvalue weighted by atomic mass is 16.6. The average Bonchev–Trinajstić information content (AvgIpc) is 3.71. The molecule has 2 aliphatic heterocycles. The SMILES string of the molecule is COc1ccc2c3c1O[C@H]1C(OC)[C@]4(COCc5ccccc5)C[C@]5(CCC4C)[C@@H](C2)N(CC2CC2)CCC315. The molecule has 2 spiro atoms. The van der Waals surface area contributed by atoms with Gasteiger partial charge < -0.3 is 18.9 Å². The van der Waals surface area contributed by atoms with Crippen LogP contribution in [0.1, 0.15) is 62.1 Å². The largest absolute Gasteiger partial charge is 0.493 e. The third-order valence-corrected chi connectivity index (χ3v) is 12.2. The second-order valence-electron chi connectivity index (χ2n) is 13.7. The summed E-state index contributed by atoms with van der Waals surface area (Å²) in [5, 5.41) is 0. The quantitative estimate of drug-likeness (QED) is 0.434. The van der Waals surface area contributed by atoms with Crippen molar-refractivity contribution in [2.75, 3.05) is 33.9 Å². The average molecular weight is 530 g/mol. The molecule has 3 unspecified atom stereocenters.